The van der Waals surface area contributed by atoms with Crippen molar-refractivity contribution in [3.8, 4) is 17.2 Å². The average Bonchev–Trinajstić information content (AvgIpc) is 3.09. The molecule has 2 aromatic carbocycles. The molecule has 11 nitrogen and oxygen atoms in total. The smallest absolute Gasteiger partial charge is 0.339 e. The largest absolute Gasteiger partial charge is 0.493 e. The average molecular weight is 657 g/mol. The molecular weight excluding hydrogens is 608 g/mol. The number of ether oxygens (including phenoxy) is 5. The van der Waals surface area contributed by atoms with Gasteiger partial charge in [-0.1, -0.05) is 12.8 Å². The number of carbonyl (C=O) groups is 4. The quantitative estimate of drug-likeness (QED) is 0.102. The van der Waals surface area contributed by atoms with Crippen LogP contribution < -0.4 is 14.2 Å². The highest BCUT2D eigenvalue weighted by atomic mass is 16.6. The minimum atomic E-state index is -1.49. The fourth-order valence-corrected chi connectivity index (χ4v) is 5.42. The van der Waals surface area contributed by atoms with Crippen molar-refractivity contribution < 1.29 is 53.1 Å². The van der Waals surface area contributed by atoms with Crippen LogP contribution in [0.4, 0.5) is 0 Å². The van der Waals surface area contributed by atoms with Crippen LogP contribution in [0.25, 0.3) is 0 Å². The molecule has 0 aliphatic heterocycles. The van der Waals surface area contributed by atoms with E-state index in [1.54, 1.807) is 24.3 Å². The maximum absolute atomic E-state index is 13.1. The van der Waals surface area contributed by atoms with Gasteiger partial charge in [0.05, 0.1) is 31.5 Å². The second-order valence-corrected chi connectivity index (χ2v) is 12.0. The number of aryl methyl sites for hydroxylation is 1. The van der Waals surface area contributed by atoms with E-state index in [9.17, 15) is 19.2 Å². The van der Waals surface area contributed by atoms with Crippen molar-refractivity contribution >= 4 is 24.5 Å². The SMILES string of the molecule is COc1cc(C(=O)OC2(C=O)CCC(C=O)(OC(=O)c3ccc(OCCCCCCO)c(C)c3)CC2)ccc1OCCCCCCO. The third kappa shape index (κ3) is 11.1. The van der Waals surface area contributed by atoms with E-state index < -0.39 is 23.1 Å². The molecule has 1 fully saturated rings. The molecule has 0 saturated heterocycles. The van der Waals surface area contributed by atoms with E-state index in [-0.39, 0.29) is 50.0 Å². The number of aliphatic hydroxyl groups excluding tert-OH is 2. The predicted octanol–water partition coefficient (Wildman–Crippen LogP) is 5.33. The zero-order valence-electron chi connectivity index (χ0n) is 27.5. The second kappa shape index (κ2) is 19.0. The molecule has 258 valence electrons. The minimum Gasteiger partial charge on any atom is -0.493 e. The highest BCUT2D eigenvalue weighted by Crippen LogP contribution is 2.39. The summed E-state index contributed by atoms with van der Waals surface area (Å²) >= 11 is 0. The van der Waals surface area contributed by atoms with E-state index >= 15 is 0 Å². The topological polar surface area (TPSA) is 155 Å². The maximum Gasteiger partial charge on any atom is 0.339 e. The number of unbranched alkanes of at least 4 members (excludes halogenated alkanes) is 6. The normalized spacial score (nSPS) is 19.0. The Morgan fingerprint density at radius 3 is 1.55 bits per heavy atom. The van der Waals surface area contributed by atoms with Gasteiger partial charge in [0.1, 0.15) is 5.75 Å². The molecule has 0 radical (unpaired) electrons. The lowest BCUT2D eigenvalue weighted by atomic mass is 9.77. The molecule has 2 aromatic rings. The second-order valence-electron chi connectivity index (χ2n) is 12.0. The van der Waals surface area contributed by atoms with E-state index in [1.165, 1.54) is 19.2 Å². The highest BCUT2D eigenvalue weighted by Gasteiger charge is 2.48. The number of methoxy groups -OCH3 is 1. The van der Waals surface area contributed by atoms with Gasteiger partial charge >= 0.3 is 11.9 Å². The van der Waals surface area contributed by atoms with Crippen LogP contribution in [0.1, 0.15) is 103 Å². The standard InChI is InChI=1S/C36H48O11/c1-27-23-28(11-13-30(27)44-21-9-5-3-7-19-37)33(41)46-35(25-39)15-17-36(26-40,18-16-35)47-34(42)29-12-14-31(32(24-29)43-2)45-22-10-6-4-8-20-38/h11-14,23-26,37-38H,3-10,15-22H2,1-2H3. The van der Waals surface area contributed by atoms with Crippen LogP contribution in [0.5, 0.6) is 17.2 Å². The van der Waals surface area contributed by atoms with Crippen molar-refractivity contribution in [2.45, 2.75) is 95.2 Å². The summed E-state index contributed by atoms with van der Waals surface area (Å²) in [6, 6.07) is 9.54. The Labute approximate surface area is 276 Å². The zero-order valence-corrected chi connectivity index (χ0v) is 27.5. The van der Waals surface area contributed by atoms with E-state index in [0.29, 0.717) is 43.0 Å². The molecule has 11 heteroatoms. The lowest BCUT2D eigenvalue weighted by Gasteiger charge is -2.39. The Morgan fingerprint density at radius 2 is 1.11 bits per heavy atom. The molecule has 2 N–H and O–H groups in total. The fraction of sp³-hybridized carbons (Fsp3) is 0.556. The molecule has 3 rings (SSSR count). The highest BCUT2D eigenvalue weighted by molar-refractivity contribution is 5.93. The molecule has 0 amide bonds. The van der Waals surface area contributed by atoms with E-state index in [2.05, 4.69) is 0 Å². The number of hydrogen-bond donors (Lipinski definition) is 2. The van der Waals surface area contributed by atoms with Crippen LogP contribution in [0.15, 0.2) is 36.4 Å². The van der Waals surface area contributed by atoms with Crippen molar-refractivity contribution in [2.75, 3.05) is 33.5 Å². The maximum atomic E-state index is 13.1. The van der Waals surface area contributed by atoms with Gasteiger partial charge in [-0.25, -0.2) is 9.59 Å². The van der Waals surface area contributed by atoms with E-state index in [4.69, 9.17) is 33.9 Å². The molecule has 1 aliphatic rings. The number of benzene rings is 2. The summed E-state index contributed by atoms with van der Waals surface area (Å²) in [6.07, 6.45) is 8.04. The van der Waals surface area contributed by atoms with Gasteiger partial charge in [-0.15, -0.1) is 0 Å². The Morgan fingerprint density at radius 1 is 0.660 bits per heavy atom. The summed E-state index contributed by atoms with van der Waals surface area (Å²) in [4.78, 5) is 50.7. The van der Waals surface area contributed by atoms with Gasteiger partial charge < -0.3 is 33.9 Å². The first-order valence-electron chi connectivity index (χ1n) is 16.4. The van der Waals surface area contributed by atoms with Crippen LogP contribution in [0.2, 0.25) is 0 Å². The number of aldehydes is 2. The number of rotatable bonds is 21. The summed E-state index contributed by atoms with van der Waals surface area (Å²) in [6.45, 7) is 3.15. The zero-order chi connectivity index (χ0) is 34.1. The summed E-state index contributed by atoms with van der Waals surface area (Å²) in [7, 11) is 1.46. The van der Waals surface area contributed by atoms with Gasteiger partial charge in [-0.2, -0.15) is 0 Å². The van der Waals surface area contributed by atoms with Gasteiger partial charge in [-0.05, 0) is 113 Å². The lowest BCUT2D eigenvalue weighted by molar-refractivity contribution is -0.144. The van der Waals surface area contributed by atoms with Crippen LogP contribution in [0, 0.1) is 6.92 Å². The summed E-state index contributed by atoms with van der Waals surface area (Å²) in [5.41, 5.74) is -1.77. The van der Waals surface area contributed by atoms with Crippen molar-refractivity contribution in [3.05, 3.63) is 53.1 Å². The van der Waals surface area contributed by atoms with Gasteiger partial charge in [0.15, 0.2) is 35.3 Å². The van der Waals surface area contributed by atoms with Crippen molar-refractivity contribution in [1.29, 1.82) is 0 Å². The monoisotopic (exact) mass is 656 g/mol. The number of carbonyl (C=O) groups excluding carboxylic acids is 4. The number of hydrogen-bond acceptors (Lipinski definition) is 11. The number of esters is 2. The Hall–Kier alpha value is -3.96. The van der Waals surface area contributed by atoms with Crippen LogP contribution in [0.3, 0.4) is 0 Å². The van der Waals surface area contributed by atoms with E-state index in [0.717, 1.165) is 56.9 Å². The fourth-order valence-electron chi connectivity index (χ4n) is 5.42. The van der Waals surface area contributed by atoms with Gasteiger partial charge in [0.2, 0.25) is 0 Å². The predicted molar refractivity (Wildman–Crippen MR) is 173 cm³/mol. The van der Waals surface area contributed by atoms with Crippen LogP contribution >= 0.6 is 0 Å². The van der Waals surface area contributed by atoms with Gasteiger partial charge in [0, 0.05) is 13.2 Å². The molecule has 1 aliphatic carbocycles. The third-order valence-corrected chi connectivity index (χ3v) is 8.39. The minimum absolute atomic E-state index is 0.000872. The molecule has 0 atom stereocenters. The van der Waals surface area contributed by atoms with E-state index in [1.807, 2.05) is 6.92 Å². The summed E-state index contributed by atoms with van der Waals surface area (Å²) < 4.78 is 28.4. The van der Waals surface area contributed by atoms with Crippen molar-refractivity contribution in [2.24, 2.45) is 0 Å². The van der Waals surface area contributed by atoms with Crippen molar-refractivity contribution in [3.63, 3.8) is 0 Å². The summed E-state index contributed by atoms with van der Waals surface area (Å²) in [5.74, 6) is 0.0494. The summed E-state index contributed by atoms with van der Waals surface area (Å²) in [5, 5.41) is 17.8. The molecule has 0 bridgehead atoms. The van der Waals surface area contributed by atoms with Crippen molar-refractivity contribution in [1.82, 2.24) is 0 Å². The Balaban J connectivity index is 1.56. The van der Waals surface area contributed by atoms with Gasteiger partial charge in [-0.3, -0.25) is 9.59 Å². The lowest BCUT2D eigenvalue weighted by Crippen LogP contribution is -2.49. The van der Waals surface area contributed by atoms with Gasteiger partial charge in [0.25, 0.3) is 0 Å². The first-order valence-corrected chi connectivity index (χ1v) is 16.4. The Bertz CT molecular complexity index is 1310. The molecule has 47 heavy (non-hydrogen) atoms. The Kier molecular flexibility index (Phi) is 15.2. The third-order valence-electron chi connectivity index (χ3n) is 8.39. The first kappa shape index (κ1) is 37.5. The molecule has 0 aromatic heterocycles. The van der Waals surface area contributed by atoms with Crippen LogP contribution in [-0.4, -0.2) is 79.5 Å². The molecule has 0 unspecified atom stereocenters. The van der Waals surface area contributed by atoms with Crippen LogP contribution in [-0.2, 0) is 19.1 Å². The molecule has 1 saturated carbocycles. The first-order chi connectivity index (χ1) is 22.7. The molecular formula is C36H48O11. The molecule has 0 spiro atoms. The number of aliphatic hydroxyl groups is 2. The molecule has 0 heterocycles.